The second kappa shape index (κ2) is 8.32. The van der Waals surface area contributed by atoms with Gasteiger partial charge in [0.05, 0.1) is 10.6 Å². The summed E-state index contributed by atoms with van der Waals surface area (Å²) in [5.41, 5.74) is 1.73. The Morgan fingerprint density at radius 1 is 1.39 bits per heavy atom. The maximum Gasteiger partial charge on any atom is 0.364 e. The van der Waals surface area contributed by atoms with E-state index in [0.717, 1.165) is 35.4 Å². The van der Waals surface area contributed by atoms with Gasteiger partial charge < -0.3 is 4.90 Å². The number of alkyl halides is 1. The fourth-order valence-electron chi connectivity index (χ4n) is 1.84. The minimum absolute atomic E-state index is 0.153. The van der Waals surface area contributed by atoms with Gasteiger partial charge in [0.15, 0.2) is 0 Å². The number of halogens is 2. The van der Waals surface area contributed by atoms with Crippen LogP contribution in [0.3, 0.4) is 0 Å². The molecule has 0 aliphatic rings. The van der Waals surface area contributed by atoms with Gasteiger partial charge in [-0.1, -0.05) is 27.5 Å². The molecule has 1 aromatic carbocycles. The molecule has 0 saturated carbocycles. The molecule has 10 heteroatoms. The van der Waals surface area contributed by atoms with Crippen LogP contribution in [-0.4, -0.2) is 28.3 Å². The summed E-state index contributed by atoms with van der Waals surface area (Å²) in [6, 6.07) is 7.58. The molecule has 2 rings (SSSR count). The van der Waals surface area contributed by atoms with E-state index in [1.807, 2.05) is 24.3 Å². The number of rotatable bonds is 7. The van der Waals surface area contributed by atoms with Crippen LogP contribution < -0.4 is 4.90 Å². The van der Waals surface area contributed by atoms with Crippen molar-refractivity contribution >= 4 is 60.4 Å². The standard InChI is InChI=1S/C13H13BrClN5O2S/c1-2-19(8-7-14)10-5-3-9(4-6-10)17-18-13-16-11(15)12(23-13)20(21)22/h3-6H,2,7-8H2,1H3/b18-17+. The number of aromatic nitrogens is 1. The minimum atomic E-state index is -0.586. The van der Waals surface area contributed by atoms with Crippen molar-refractivity contribution in [3.63, 3.8) is 0 Å². The summed E-state index contributed by atoms with van der Waals surface area (Å²) in [5, 5.41) is 19.3. The van der Waals surface area contributed by atoms with Crippen molar-refractivity contribution in [2.45, 2.75) is 6.92 Å². The van der Waals surface area contributed by atoms with Crippen LogP contribution in [0.4, 0.5) is 21.5 Å². The predicted octanol–water partition coefficient (Wildman–Crippen LogP) is 5.34. The van der Waals surface area contributed by atoms with Crippen LogP contribution >= 0.6 is 38.9 Å². The molecule has 1 heterocycles. The van der Waals surface area contributed by atoms with E-state index in [1.54, 1.807) is 0 Å². The van der Waals surface area contributed by atoms with Gasteiger partial charge in [0.25, 0.3) is 0 Å². The van der Waals surface area contributed by atoms with Crippen molar-refractivity contribution in [2.75, 3.05) is 23.3 Å². The van der Waals surface area contributed by atoms with Gasteiger partial charge in [0.1, 0.15) is 0 Å². The number of nitrogens with zero attached hydrogens (tertiary/aromatic N) is 5. The van der Waals surface area contributed by atoms with Gasteiger partial charge in [-0.25, -0.2) is 0 Å². The molecular weight excluding hydrogens is 406 g/mol. The van der Waals surface area contributed by atoms with Crippen molar-refractivity contribution in [2.24, 2.45) is 10.2 Å². The van der Waals surface area contributed by atoms with Crippen LogP contribution in [0.5, 0.6) is 0 Å². The van der Waals surface area contributed by atoms with E-state index >= 15 is 0 Å². The summed E-state index contributed by atoms with van der Waals surface area (Å²) >= 11 is 9.89. The number of benzene rings is 1. The predicted molar refractivity (Wildman–Crippen MR) is 96.1 cm³/mol. The van der Waals surface area contributed by atoms with Crippen molar-refractivity contribution in [3.05, 3.63) is 39.5 Å². The van der Waals surface area contributed by atoms with E-state index in [1.165, 1.54) is 0 Å². The van der Waals surface area contributed by atoms with Crippen molar-refractivity contribution in [1.82, 2.24) is 4.98 Å². The Morgan fingerprint density at radius 3 is 2.61 bits per heavy atom. The zero-order chi connectivity index (χ0) is 16.8. The number of hydrogen-bond donors (Lipinski definition) is 0. The van der Waals surface area contributed by atoms with Crippen LogP contribution in [0.2, 0.25) is 5.15 Å². The van der Waals surface area contributed by atoms with Crippen LogP contribution in [-0.2, 0) is 0 Å². The van der Waals surface area contributed by atoms with E-state index in [9.17, 15) is 10.1 Å². The lowest BCUT2D eigenvalue weighted by atomic mass is 10.2. The van der Waals surface area contributed by atoms with E-state index in [0.29, 0.717) is 5.69 Å². The van der Waals surface area contributed by atoms with E-state index in [-0.39, 0.29) is 15.3 Å². The maximum absolute atomic E-state index is 10.7. The Kier molecular flexibility index (Phi) is 6.43. The highest BCUT2D eigenvalue weighted by Gasteiger charge is 2.19. The molecule has 0 radical (unpaired) electrons. The molecule has 0 N–H and O–H groups in total. The quantitative estimate of drug-likeness (QED) is 0.263. The molecule has 0 atom stereocenters. The lowest BCUT2D eigenvalue weighted by molar-refractivity contribution is -0.380. The molecule has 122 valence electrons. The topological polar surface area (TPSA) is 84.0 Å². The molecule has 0 spiro atoms. The fourth-order valence-corrected chi connectivity index (χ4v) is 3.18. The Hall–Kier alpha value is -1.58. The van der Waals surface area contributed by atoms with Gasteiger partial charge in [-0.3, -0.25) is 10.1 Å². The van der Waals surface area contributed by atoms with Crippen LogP contribution in [0.25, 0.3) is 0 Å². The van der Waals surface area contributed by atoms with E-state index in [4.69, 9.17) is 11.6 Å². The van der Waals surface area contributed by atoms with Gasteiger partial charge in [0, 0.05) is 24.1 Å². The molecule has 23 heavy (non-hydrogen) atoms. The van der Waals surface area contributed by atoms with Gasteiger partial charge in [-0.2, -0.15) is 4.98 Å². The Morgan fingerprint density at radius 2 is 2.09 bits per heavy atom. The van der Waals surface area contributed by atoms with Crippen LogP contribution in [0.15, 0.2) is 34.5 Å². The molecule has 7 nitrogen and oxygen atoms in total. The lowest BCUT2D eigenvalue weighted by Gasteiger charge is -2.21. The summed E-state index contributed by atoms with van der Waals surface area (Å²) < 4.78 is 0. The first kappa shape index (κ1) is 17.8. The molecule has 0 bridgehead atoms. The van der Waals surface area contributed by atoms with Gasteiger partial charge >= 0.3 is 5.00 Å². The molecule has 0 saturated heterocycles. The van der Waals surface area contributed by atoms with Crippen LogP contribution in [0, 0.1) is 10.1 Å². The molecule has 0 aliphatic carbocycles. The maximum atomic E-state index is 10.7. The highest BCUT2D eigenvalue weighted by molar-refractivity contribution is 9.09. The van der Waals surface area contributed by atoms with Gasteiger partial charge in [-0.15, -0.1) is 10.2 Å². The second-order valence-corrected chi connectivity index (χ2v) is 6.44. The summed E-state index contributed by atoms with van der Waals surface area (Å²) in [6.45, 7) is 3.92. The minimum Gasteiger partial charge on any atom is -0.371 e. The Balaban J connectivity index is 2.11. The average Bonchev–Trinajstić information content (AvgIpc) is 2.92. The second-order valence-electron chi connectivity index (χ2n) is 4.33. The average molecular weight is 419 g/mol. The normalized spacial score (nSPS) is 11.1. The molecule has 2 aromatic rings. The third-order valence-corrected chi connectivity index (χ3v) is 4.55. The molecule has 0 aliphatic heterocycles. The SMILES string of the molecule is CCN(CCBr)c1ccc(/N=N/c2nc(Cl)c([N+](=O)[O-])s2)cc1. The molecular formula is C13H13BrClN5O2S. The van der Waals surface area contributed by atoms with E-state index < -0.39 is 4.92 Å². The van der Waals surface area contributed by atoms with Gasteiger partial charge in [0.2, 0.25) is 10.3 Å². The largest absolute Gasteiger partial charge is 0.371 e. The molecule has 0 unspecified atom stereocenters. The van der Waals surface area contributed by atoms with Crippen molar-refractivity contribution in [3.8, 4) is 0 Å². The highest BCUT2D eigenvalue weighted by atomic mass is 79.9. The Bertz CT molecular complexity index is 707. The molecule has 1 aromatic heterocycles. The lowest BCUT2D eigenvalue weighted by Crippen LogP contribution is -2.24. The summed E-state index contributed by atoms with van der Waals surface area (Å²) in [7, 11) is 0. The summed E-state index contributed by atoms with van der Waals surface area (Å²) in [4.78, 5) is 16.1. The number of anilines is 1. The summed E-state index contributed by atoms with van der Waals surface area (Å²) in [5.74, 6) is 0. The number of azo groups is 1. The number of hydrogen-bond acceptors (Lipinski definition) is 7. The first-order valence-electron chi connectivity index (χ1n) is 6.68. The van der Waals surface area contributed by atoms with Crippen molar-refractivity contribution in [1.29, 1.82) is 0 Å². The third-order valence-electron chi connectivity index (χ3n) is 2.93. The first-order valence-corrected chi connectivity index (χ1v) is 9.00. The van der Waals surface area contributed by atoms with Gasteiger partial charge in [-0.05, 0) is 42.5 Å². The molecule has 0 amide bonds. The van der Waals surface area contributed by atoms with Crippen LogP contribution in [0.1, 0.15) is 6.92 Å². The zero-order valence-corrected chi connectivity index (χ0v) is 15.3. The Labute approximate surface area is 150 Å². The highest BCUT2D eigenvalue weighted by Crippen LogP contribution is 2.36. The van der Waals surface area contributed by atoms with Crippen molar-refractivity contribution < 1.29 is 4.92 Å². The van der Waals surface area contributed by atoms with E-state index in [2.05, 4.69) is 43.0 Å². The number of thiazole rings is 1. The monoisotopic (exact) mass is 417 g/mol. The zero-order valence-electron chi connectivity index (χ0n) is 12.1. The smallest absolute Gasteiger partial charge is 0.364 e. The summed E-state index contributed by atoms with van der Waals surface area (Å²) in [6.07, 6.45) is 0. The first-order chi connectivity index (χ1) is 11.0. The fraction of sp³-hybridized carbons (Fsp3) is 0.308. The number of nitro groups is 1. The third kappa shape index (κ3) is 4.69. The molecule has 0 fully saturated rings.